The van der Waals surface area contributed by atoms with Crippen LogP contribution in [0.15, 0.2) is 34.8 Å². The highest BCUT2D eigenvalue weighted by Crippen LogP contribution is 2.32. The first kappa shape index (κ1) is 11.3. The fourth-order valence-corrected chi connectivity index (χ4v) is 2.33. The average molecular weight is 276 g/mol. The van der Waals surface area contributed by atoms with Crippen LogP contribution in [-0.4, -0.2) is 4.98 Å². The average Bonchev–Trinajstić information content (AvgIpc) is 2.28. The molecule has 0 fully saturated rings. The van der Waals surface area contributed by atoms with Gasteiger partial charge < -0.3 is 0 Å². The maximum atomic E-state index is 4.56. The van der Waals surface area contributed by atoms with Crippen LogP contribution in [0.5, 0.6) is 0 Å². The Morgan fingerprint density at radius 3 is 2.19 bits per heavy atom. The van der Waals surface area contributed by atoms with Crippen molar-refractivity contribution in [2.75, 3.05) is 0 Å². The molecule has 1 aromatic carbocycles. The molecule has 2 aromatic rings. The molecule has 0 aliphatic rings. The van der Waals surface area contributed by atoms with Crippen LogP contribution in [0.25, 0.3) is 11.1 Å². The summed E-state index contributed by atoms with van der Waals surface area (Å²) in [5.74, 6) is 0. The Morgan fingerprint density at radius 1 is 0.938 bits per heavy atom. The second-order valence-electron chi connectivity index (χ2n) is 3.96. The highest BCUT2D eigenvalue weighted by atomic mass is 79.9. The summed E-state index contributed by atoms with van der Waals surface area (Å²) in [7, 11) is 0. The largest absolute Gasteiger partial charge is 0.257 e. The fraction of sp³-hybridized carbons (Fsp3) is 0.214. The summed E-state index contributed by atoms with van der Waals surface area (Å²) in [6.45, 7) is 6.22. The molecular weight excluding hydrogens is 262 g/mol. The van der Waals surface area contributed by atoms with Crippen LogP contribution in [0.4, 0.5) is 0 Å². The van der Waals surface area contributed by atoms with E-state index >= 15 is 0 Å². The summed E-state index contributed by atoms with van der Waals surface area (Å²) in [6.07, 6.45) is 0. The van der Waals surface area contributed by atoms with Crippen molar-refractivity contribution in [3.63, 3.8) is 0 Å². The standard InChI is InChI=1S/C14H14BrN/c1-9-13(12-7-5-4-6-8-12)10(2)16-11(3)14(9)15/h4-8H,1-3H3. The zero-order chi connectivity index (χ0) is 11.7. The van der Waals surface area contributed by atoms with Crippen LogP contribution in [-0.2, 0) is 0 Å². The van der Waals surface area contributed by atoms with Crippen molar-refractivity contribution < 1.29 is 0 Å². The molecule has 0 aliphatic carbocycles. The summed E-state index contributed by atoms with van der Waals surface area (Å²) in [6, 6.07) is 10.4. The molecule has 0 radical (unpaired) electrons. The van der Waals surface area contributed by atoms with E-state index in [4.69, 9.17) is 0 Å². The highest BCUT2D eigenvalue weighted by molar-refractivity contribution is 9.10. The zero-order valence-corrected chi connectivity index (χ0v) is 11.3. The Hall–Kier alpha value is -1.15. The lowest BCUT2D eigenvalue weighted by atomic mass is 9.99. The SMILES string of the molecule is Cc1nc(C)c(-c2ccccc2)c(C)c1Br. The first-order valence-electron chi connectivity index (χ1n) is 5.30. The molecule has 0 spiro atoms. The smallest absolute Gasteiger partial charge is 0.0520 e. The number of benzene rings is 1. The Morgan fingerprint density at radius 2 is 1.56 bits per heavy atom. The molecule has 2 rings (SSSR count). The number of aryl methyl sites for hydroxylation is 2. The summed E-state index contributed by atoms with van der Waals surface area (Å²) < 4.78 is 1.11. The van der Waals surface area contributed by atoms with E-state index in [-0.39, 0.29) is 0 Å². The lowest BCUT2D eigenvalue weighted by Crippen LogP contribution is -1.96. The molecule has 0 bridgehead atoms. The molecule has 1 aromatic heterocycles. The minimum absolute atomic E-state index is 1.05. The molecule has 0 aliphatic heterocycles. The van der Waals surface area contributed by atoms with Crippen molar-refractivity contribution >= 4 is 15.9 Å². The Bertz CT molecular complexity index is 518. The third kappa shape index (κ3) is 1.90. The third-order valence-corrected chi connectivity index (χ3v) is 3.95. The number of pyridine rings is 1. The minimum atomic E-state index is 1.05. The highest BCUT2D eigenvalue weighted by Gasteiger charge is 2.11. The molecule has 0 amide bonds. The summed E-state index contributed by atoms with van der Waals surface area (Å²) in [5, 5.41) is 0. The van der Waals surface area contributed by atoms with E-state index in [1.54, 1.807) is 0 Å². The molecule has 0 saturated carbocycles. The molecular formula is C14H14BrN. The van der Waals surface area contributed by atoms with Crippen LogP contribution in [0, 0.1) is 20.8 Å². The summed E-state index contributed by atoms with van der Waals surface area (Å²) >= 11 is 3.60. The summed E-state index contributed by atoms with van der Waals surface area (Å²) in [5.41, 5.74) is 5.86. The van der Waals surface area contributed by atoms with E-state index < -0.39 is 0 Å². The van der Waals surface area contributed by atoms with Crippen LogP contribution < -0.4 is 0 Å². The molecule has 0 saturated heterocycles. The van der Waals surface area contributed by atoms with Gasteiger partial charge in [-0.1, -0.05) is 30.3 Å². The van der Waals surface area contributed by atoms with Gasteiger partial charge in [0, 0.05) is 15.7 Å². The van der Waals surface area contributed by atoms with Gasteiger partial charge in [0.2, 0.25) is 0 Å². The Labute approximate surface area is 105 Å². The van der Waals surface area contributed by atoms with E-state index in [0.29, 0.717) is 0 Å². The zero-order valence-electron chi connectivity index (χ0n) is 9.71. The molecule has 0 unspecified atom stereocenters. The molecule has 1 heterocycles. The normalized spacial score (nSPS) is 10.5. The van der Waals surface area contributed by atoms with Gasteiger partial charge in [0.05, 0.1) is 5.69 Å². The number of halogens is 1. The number of nitrogens with zero attached hydrogens (tertiary/aromatic N) is 1. The molecule has 82 valence electrons. The van der Waals surface area contributed by atoms with Crippen LogP contribution in [0.1, 0.15) is 17.0 Å². The van der Waals surface area contributed by atoms with Crippen molar-refractivity contribution in [1.82, 2.24) is 4.98 Å². The number of aromatic nitrogens is 1. The second kappa shape index (κ2) is 4.38. The Kier molecular flexibility index (Phi) is 3.10. The number of hydrogen-bond acceptors (Lipinski definition) is 1. The topological polar surface area (TPSA) is 12.9 Å². The van der Waals surface area contributed by atoms with Gasteiger partial charge in [-0.25, -0.2) is 0 Å². The molecule has 2 heteroatoms. The van der Waals surface area contributed by atoms with Crippen molar-refractivity contribution in [3.8, 4) is 11.1 Å². The maximum Gasteiger partial charge on any atom is 0.0520 e. The van der Waals surface area contributed by atoms with Crippen molar-refractivity contribution in [2.45, 2.75) is 20.8 Å². The van der Waals surface area contributed by atoms with Gasteiger partial charge in [-0.05, 0) is 47.8 Å². The molecule has 0 N–H and O–H groups in total. The van der Waals surface area contributed by atoms with E-state index in [1.807, 2.05) is 13.0 Å². The third-order valence-electron chi connectivity index (χ3n) is 2.78. The monoisotopic (exact) mass is 275 g/mol. The van der Waals surface area contributed by atoms with Gasteiger partial charge in [0.1, 0.15) is 0 Å². The van der Waals surface area contributed by atoms with Crippen LogP contribution in [0.3, 0.4) is 0 Å². The summed E-state index contributed by atoms with van der Waals surface area (Å²) in [4.78, 5) is 4.56. The van der Waals surface area contributed by atoms with E-state index in [0.717, 1.165) is 15.9 Å². The Balaban J connectivity index is 2.71. The van der Waals surface area contributed by atoms with Crippen LogP contribution in [0.2, 0.25) is 0 Å². The molecule has 0 atom stereocenters. The lowest BCUT2D eigenvalue weighted by Gasteiger charge is -2.13. The first-order valence-corrected chi connectivity index (χ1v) is 6.09. The van der Waals surface area contributed by atoms with Gasteiger partial charge in [-0.2, -0.15) is 0 Å². The van der Waals surface area contributed by atoms with Gasteiger partial charge in [0.25, 0.3) is 0 Å². The molecule has 16 heavy (non-hydrogen) atoms. The lowest BCUT2D eigenvalue weighted by molar-refractivity contribution is 1.09. The van der Waals surface area contributed by atoms with E-state index in [9.17, 15) is 0 Å². The number of hydrogen-bond donors (Lipinski definition) is 0. The predicted octanol–water partition coefficient (Wildman–Crippen LogP) is 4.44. The van der Waals surface area contributed by atoms with Crippen molar-refractivity contribution in [1.29, 1.82) is 0 Å². The van der Waals surface area contributed by atoms with Crippen LogP contribution >= 0.6 is 15.9 Å². The quantitative estimate of drug-likeness (QED) is 0.750. The van der Waals surface area contributed by atoms with Gasteiger partial charge in [-0.15, -0.1) is 0 Å². The first-order chi connectivity index (χ1) is 7.61. The van der Waals surface area contributed by atoms with Crippen molar-refractivity contribution in [2.24, 2.45) is 0 Å². The number of rotatable bonds is 1. The van der Waals surface area contributed by atoms with Crippen molar-refractivity contribution in [3.05, 3.63) is 51.8 Å². The van der Waals surface area contributed by atoms with Gasteiger partial charge in [0.15, 0.2) is 0 Å². The van der Waals surface area contributed by atoms with E-state index in [2.05, 4.69) is 59.0 Å². The predicted molar refractivity (Wildman–Crippen MR) is 71.6 cm³/mol. The van der Waals surface area contributed by atoms with E-state index in [1.165, 1.54) is 16.7 Å². The second-order valence-corrected chi connectivity index (χ2v) is 4.76. The minimum Gasteiger partial charge on any atom is -0.257 e. The van der Waals surface area contributed by atoms with Gasteiger partial charge in [-0.3, -0.25) is 4.98 Å². The van der Waals surface area contributed by atoms with Gasteiger partial charge >= 0.3 is 0 Å². The maximum absolute atomic E-state index is 4.56. The fourth-order valence-electron chi connectivity index (χ4n) is 2.04. The molecule has 1 nitrogen and oxygen atoms in total.